The van der Waals surface area contributed by atoms with Gasteiger partial charge < -0.3 is 15.2 Å². The average Bonchev–Trinajstić information content (AvgIpc) is 2.46. The Balaban J connectivity index is 2.16. The molecule has 0 atom stereocenters. The minimum Gasteiger partial charge on any atom is -0.488 e. The third-order valence-corrected chi connectivity index (χ3v) is 3.07. The summed E-state index contributed by atoms with van der Waals surface area (Å²) in [5, 5.41) is 12.1. The number of carboxylic acids is 1. The minimum atomic E-state index is -1.29. The fourth-order valence-corrected chi connectivity index (χ4v) is 2.08. The third-order valence-electron chi connectivity index (χ3n) is 3.07. The lowest BCUT2D eigenvalue weighted by Crippen LogP contribution is -2.23. The Labute approximate surface area is 134 Å². The van der Waals surface area contributed by atoms with Gasteiger partial charge in [-0.15, -0.1) is 0 Å². The van der Waals surface area contributed by atoms with Gasteiger partial charge in [0.1, 0.15) is 17.2 Å². The molecule has 0 radical (unpaired) electrons. The van der Waals surface area contributed by atoms with Gasteiger partial charge in [-0.05, 0) is 45.0 Å². The summed E-state index contributed by atoms with van der Waals surface area (Å²) >= 11 is 0. The first-order valence-corrected chi connectivity index (χ1v) is 7.30. The van der Waals surface area contributed by atoms with E-state index in [1.807, 2.05) is 45.0 Å². The van der Waals surface area contributed by atoms with E-state index in [0.29, 0.717) is 12.2 Å². The molecule has 0 aliphatic heterocycles. The van der Waals surface area contributed by atoms with Crippen LogP contribution in [0.2, 0.25) is 0 Å². The number of para-hydroxylation sites is 1. The summed E-state index contributed by atoms with van der Waals surface area (Å²) in [6.45, 7) is 6.35. The molecule has 0 spiro atoms. The molecule has 0 aliphatic rings. The first-order valence-electron chi connectivity index (χ1n) is 7.30. The maximum Gasteiger partial charge on any atom is 0.338 e. The van der Waals surface area contributed by atoms with Crippen LogP contribution in [0.3, 0.4) is 0 Å². The van der Waals surface area contributed by atoms with E-state index in [4.69, 9.17) is 9.84 Å². The van der Waals surface area contributed by atoms with Crippen molar-refractivity contribution in [2.24, 2.45) is 0 Å². The number of benzene rings is 2. The molecule has 2 aromatic carbocycles. The predicted molar refractivity (Wildman–Crippen MR) is 87.5 cm³/mol. The van der Waals surface area contributed by atoms with Gasteiger partial charge in [0.2, 0.25) is 0 Å². The van der Waals surface area contributed by atoms with E-state index >= 15 is 0 Å². The number of hydrogen-bond donors (Lipinski definition) is 2. The van der Waals surface area contributed by atoms with Gasteiger partial charge in [-0.25, -0.2) is 9.18 Å². The summed E-state index contributed by atoms with van der Waals surface area (Å²) in [6.07, 6.45) is 0. The van der Waals surface area contributed by atoms with Gasteiger partial charge in [-0.1, -0.05) is 18.2 Å². The summed E-state index contributed by atoms with van der Waals surface area (Å²) in [5.74, 6) is -1.28. The minimum absolute atomic E-state index is 0.317. The predicted octanol–water partition coefficient (Wildman–Crippen LogP) is 4.31. The van der Waals surface area contributed by atoms with Crippen LogP contribution in [0.4, 0.5) is 10.1 Å². The zero-order chi connectivity index (χ0) is 17.0. The number of hydrogen-bond acceptors (Lipinski definition) is 3. The molecular weight excluding hydrogens is 297 g/mol. The smallest absolute Gasteiger partial charge is 0.338 e. The molecule has 0 fully saturated rings. The number of carbonyl (C=O) groups is 1. The second kappa shape index (κ2) is 6.69. The van der Waals surface area contributed by atoms with Crippen molar-refractivity contribution in [1.82, 2.24) is 0 Å². The highest BCUT2D eigenvalue weighted by molar-refractivity contribution is 5.89. The Kier molecular flexibility index (Phi) is 4.89. The van der Waals surface area contributed by atoms with Crippen LogP contribution in [0.25, 0.3) is 0 Å². The van der Waals surface area contributed by atoms with Crippen molar-refractivity contribution < 1.29 is 19.0 Å². The van der Waals surface area contributed by atoms with Crippen LogP contribution in [0.5, 0.6) is 5.75 Å². The van der Waals surface area contributed by atoms with Crippen LogP contribution in [-0.4, -0.2) is 16.7 Å². The topological polar surface area (TPSA) is 58.6 Å². The highest BCUT2D eigenvalue weighted by Gasteiger charge is 2.15. The van der Waals surface area contributed by atoms with E-state index < -0.39 is 11.8 Å². The van der Waals surface area contributed by atoms with Crippen LogP contribution < -0.4 is 10.1 Å². The second-order valence-electron chi connectivity index (χ2n) is 6.18. The molecule has 2 N–H and O–H groups in total. The molecule has 5 heteroatoms. The molecule has 122 valence electrons. The van der Waals surface area contributed by atoms with E-state index in [1.165, 1.54) is 12.1 Å². The number of rotatable bonds is 5. The van der Waals surface area contributed by atoms with Crippen molar-refractivity contribution in [1.29, 1.82) is 0 Å². The normalized spacial score (nSPS) is 11.1. The van der Waals surface area contributed by atoms with E-state index in [1.54, 1.807) is 0 Å². The van der Waals surface area contributed by atoms with Gasteiger partial charge in [0, 0.05) is 17.8 Å². The van der Waals surface area contributed by atoms with Gasteiger partial charge >= 0.3 is 5.97 Å². The van der Waals surface area contributed by atoms with Gasteiger partial charge in [0.15, 0.2) is 0 Å². The average molecular weight is 317 g/mol. The van der Waals surface area contributed by atoms with Crippen LogP contribution in [0, 0.1) is 5.82 Å². The highest BCUT2D eigenvalue weighted by Crippen LogP contribution is 2.24. The monoisotopic (exact) mass is 317 g/mol. The van der Waals surface area contributed by atoms with E-state index in [-0.39, 0.29) is 11.2 Å². The van der Waals surface area contributed by atoms with E-state index in [0.717, 1.165) is 17.4 Å². The molecule has 0 saturated carbocycles. The maximum absolute atomic E-state index is 13.4. The van der Waals surface area contributed by atoms with Crippen LogP contribution in [0.15, 0.2) is 42.5 Å². The second-order valence-corrected chi connectivity index (χ2v) is 6.18. The summed E-state index contributed by atoms with van der Waals surface area (Å²) in [5.41, 5.74) is 0.801. The van der Waals surface area contributed by atoms with Crippen LogP contribution in [0.1, 0.15) is 36.7 Å². The van der Waals surface area contributed by atoms with Crippen molar-refractivity contribution in [3.8, 4) is 5.75 Å². The number of nitrogens with one attached hydrogen (secondary N) is 1. The lowest BCUT2D eigenvalue weighted by atomic mass is 10.1. The molecule has 0 aliphatic carbocycles. The van der Waals surface area contributed by atoms with Crippen molar-refractivity contribution in [2.45, 2.75) is 32.9 Å². The molecule has 0 aromatic heterocycles. The third kappa shape index (κ3) is 4.71. The zero-order valence-corrected chi connectivity index (χ0v) is 13.4. The fraction of sp³-hybridized carbons (Fsp3) is 0.278. The van der Waals surface area contributed by atoms with Crippen molar-refractivity contribution in [2.75, 3.05) is 5.32 Å². The summed E-state index contributed by atoms with van der Waals surface area (Å²) in [4.78, 5) is 11.0. The molecule has 0 bridgehead atoms. The molecule has 0 amide bonds. The van der Waals surface area contributed by atoms with Gasteiger partial charge in [-0.3, -0.25) is 0 Å². The first-order chi connectivity index (χ1) is 10.8. The Morgan fingerprint density at radius 2 is 1.91 bits per heavy atom. The van der Waals surface area contributed by atoms with Crippen molar-refractivity contribution in [3.05, 3.63) is 59.4 Å². The van der Waals surface area contributed by atoms with Gasteiger partial charge in [0.25, 0.3) is 0 Å². The van der Waals surface area contributed by atoms with Crippen molar-refractivity contribution in [3.63, 3.8) is 0 Å². The molecule has 0 unspecified atom stereocenters. The largest absolute Gasteiger partial charge is 0.488 e. The molecule has 0 heterocycles. The Morgan fingerprint density at radius 3 is 2.57 bits per heavy atom. The summed E-state index contributed by atoms with van der Waals surface area (Å²) in [6, 6.07) is 11.5. The van der Waals surface area contributed by atoms with Gasteiger partial charge in [-0.2, -0.15) is 0 Å². The summed E-state index contributed by atoms with van der Waals surface area (Å²) in [7, 11) is 0. The maximum atomic E-state index is 13.4. The number of carboxylic acid groups (broad SMARTS) is 1. The molecule has 0 saturated heterocycles. The number of anilines is 1. The zero-order valence-electron chi connectivity index (χ0n) is 13.4. The van der Waals surface area contributed by atoms with Gasteiger partial charge in [0.05, 0.1) is 5.56 Å². The number of ether oxygens (including phenoxy) is 1. The lowest BCUT2D eigenvalue weighted by Gasteiger charge is -2.23. The fourth-order valence-electron chi connectivity index (χ4n) is 2.08. The first kappa shape index (κ1) is 16.8. The standard InChI is InChI=1S/C18H20FNO3/c1-18(2,3)23-16-7-5-4-6-12(16)11-20-13-8-9-15(19)14(10-13)17(21)22/h4-10,20H,11H2,1-3H3,(H,21,22). The SMILES string of the molecule is CC(C)(C)Oc1ccccc1CNc1ccc(F)c(C(=O)O)c1. The van der Waals surface area contributed by atoms with E-state index in [2.05, 4.69) is 5.32 Å². The lowest BCUT2D eigenvalue weighted by molar-refractivity contribution is 0.0692. The molecular formula is C18H20FNO3. The van der Waals surface area contributed by atoms with Crippen LogP contribution in [-0.2, 0) is 6.54 Å². The van der Waals surface area contributed by atoms with E-state index in [9.17, 15) is 9.18 Å². The summed E-state index contributed by atoms with van der Waals surface area (Å²) < 4.78 is 19.3. The molecule has 23 heavy (non-hydrogen) atoms. The van der Waals surface area contributed by atoms with Crippen molar-refractivity contribution >= 4 is 11.7 Å². The molecule has 2 aromatic rings. The molecule has 4 nitrogen and oxygen atoms in total. The molecule has 2 rings (SSSR count). The van der Waals surface area contributed by atoms with Crippen LogP contribution >= 0.6 is 0 Å². The Morgan fingerprint density at radius 1 is 1.22 bits per heavy atom. The quantitative estimate of drug-likeness (QED) is 0.862. The highest BCUT2D eigenvalue weighted by atomic mass is 19.1. The number of aromatic carboxylic acids is 1. The Hall–Kier alpha value is -2.56. The number of halogens is 1. The Bertz CT molecular complexity index is 708.